The molecule has 78 valence electrons. The molecule has 0 radical (unpaired) electrons. The molecule has 4 heteroatoms. The third kappa shape index (κ3) is 2.75. The summed E-state index contributed by atoms with van der Waals surface area (Å²) in [6, 6.07) is 5.48. The number of methoxy groups -OCH3 is 1. The maximum absolute atomic E-state index is 12.2. The molecular weight excluding hydrogens is 188 g/mol. The predicted molar refractivity (Wildman–Crippen MR) is 50.1 cm³/mol. The summed E-state index contributed by atoms with van der Waals surface area (Å²) >= 11 is 0. The number of benzene rings is 1. The van der Waals surface area contributed by atoms with Crippen LogP contribution in [0.3, 0.4) is 0 Å². The Kier molecular flexibility index (Phi) is 3.98. The van der Waals surface area contributed by atoms with Crippen LogP contribution in [0.25, 0.3) is 0 Å². The lowest BCUT2D eigenvalue weighted by atomic mass is 10.1. The van der Waals surface area contributed by atoms with E-state index in [0.717, 1.165) is 5.56 Å². The molecule has 2 N–H and O–H groups in total. The van der Waals surface area contributed by atoms with E-state index in [2.05, 4.69) is 0 Å². The van der Waals surface area contributed by atoms with Gasteiger partial charge in [0.15, 0.2) is 0 Å². The van der Waals surface area contributed by atoms with E-state index in [0.29, 0.717) is 12.2 Å². The lowest BCUT2D eigenvalue weighted by Crippen LogP contribution is -2.18. The standard InChI is InChI=1S/C10H13F2NO/c1-14-6-7-2-4-8(5-3-7)9(13)10(11)12/h2-5,9-10H,6,13H2,1H3. The first kappa shape index (κ1) is 11.1. The number of hydrogen-bond donors (Lipinski definition) is 1. The van der Waals surface area contributed by atoms with Gasteiger partial charge in [0.25, 0.3) is 6.43 Å². The van der Waals surface area contributed by atoms with Crippen LogP contribution in [0.2, 0.25) is 0 Å². The molecule has 0 bridgehead atoms. The first-order chi connectivity index (χ1) is 6.65. The van der Waals surface area contributed by atoms with Crippen molar-refractivity contribution in [1.82, 2.24) is 0 Å². The normalized spacial score (nSPS) is 13.2. The fraction of sp³-hybridized carbons (Fsp3) is 0.400. The Morgan fingerprint density at radius 2 is 1.86 bits per heavy atom. The van der Waals surface area contributed by atoms with E-state index in [1.807, 2.05) is 0 Å². The summed E-state index contributed by atoms with van der Waals surface area (Å²) in [5.74, 6) is 0. The zero-order valence-corrected chi connectivity index (χ0v) is 7.91. The lowest BCUT2D eigenvalue weighted by molar-refractivity contribution is 0.116. The Balaban J connectivity index is 2.72. The molecule has 2 nitrogen and oxygen atoms in total. The number of hydrogen-bond acceptors (Lipinski definition) is 2. The van der Waals surface area contributed by atoms with Crippen LogP contribution >= 0.6 is 0 Å². The summed E-state index contributed by atoms with van der Waals surface area (Å²) in [4.78, 5) is 0. The van der Waals surface area contributed by atoms with Crippen LogP contribution in [0, 0.1) is 0 Å². The van der Waals surface area contributed by atoms with Gasteiger partial charge in [-0.15, -0.1) is 0 Å². The molecule has 1 aromatic rings. The topological polar surface area (TPSA) is 35.2 Å². The molecule has 0 saturated heterocycles. The van der Waals surface area contributed by atoms with Crippen molar-refractivity contribution >= 4 is 0 Å². The smallest absolute Gasteiger partial charge is 0.257 e. The summed E-state index contributed by atoms with van der Waals surface area (Å²) in [6.07, 6.45) is -2.52. The molecule has 1 aromatic carbocycles. The monoisotopic (exact) mass is 201 g/mol. The summed E-state index contributed by atoms with van der Waals surface area (Å²) in [7, 11) is 1.58. The van der Waals surface area contributed by atoms with E-state index >= 15 is 0 Å². The molecule has 0 fully saturated rings. The molecule has 0 aliphatic carbocycles. The quantitative estimate of drug-likeness (QED) is 0.809. The Morgan fingerprint density at radius 1 is 1.29 bits per heavy atom. The minimum atomic E-state index is -2.52. The van der Waals surface area contributed by atoms with Gasteiger partial charge in [0.05, 0.1) is 12.6 Å². The van der Waals surface area contributed by atoms with Crippen molar-refractivity contribution in [1.29, 1.82) is 0 Å². The van der Waals surface area contributed by atoms with Gasteiger partial charge in [0, 0.05) is 7.11 Å². The third-order valence-electron chi connectivity index (χ3n) is 1.95. The highest BCUT2D eigenvalue weighted by molar-refractivity contribution is 5.24. The number of halogens is 2. The Bertz CT molecular complexity index is 274. The van der Waals surface area contributed by atoms with Gasteiger partial charge in [-0.25, -0.2) is 8.78 Å². The van der Waals surface area contributed by atoms with Crippen molar-refractivity contribution < 1.29 is 13.5 Å². The second-order valence-corrected chi connectivity index (χ2v) is 3.03. The van der Waals surface area contributed by atoms with Gasteiger partial charge in [0.1, 0.15) is 0 Å². The largest absolute Gasteiger partial charge is 0.380 e. The Labute approximate surface area is 81.7 Å². The van der Waals surface area contributed by atoms with Crippen LogP contribution in [0.15, 0.2) is 24.3 Å². The first-order valence-corrected chi connectivity index (χ1v) is 4.26. The van der Waals surface area contributed by atoms with E-state index < -0.39 is 12.5 Å². The van der Waals surface area contributed by atoms with Crippen molar-refractivity contribution in [2.24, 2.45) is 5.73 Å². The highest BCUT2D eigenvalue weighted by Crippen LogP contribution is 2.18. The average molecular weight is 201 g/mol. The fourth-order valence-corrected chi connectivity index (χ4v) is 1.15. The van der Waals surface area contributed by atoms with Gasteiger partial charge >= 0.3 is 0 Å². The van der Waals surface area contributed by atoms with Crippen LogP contribution in [0.4, 0.5) is 8.78 Å². The second-order valence-electron chi connectivity index (χ2n) is 3.03. The lowest BCUT2D eigenvalue weighted by Gasteiger charge is -2.10. The van der Waals surface area contributed by atoms with Crippen molar-refractivity contribution in [2.45, 2.75) is 19.1 Å². The zero-order chi connectivity index (χ0) is 10.6. The fourth-order valence-electron chi connectivity index (χ4n) is 1.15. The molecule has 14 heavy (non-hydrogen) atoms. The van der Waals surface area contributed by atoms with Crippen LogP contribution in [0.5, 0.6) is 0 Å². The molecule has 0 aromatic heterocycles. The zero-order valence-electron chi connectivity index (χ0n) is 7.91. The molecule has 1 rings (SSSR count). The van der Waals surface area contributed by atoms with E-state index in [9.17, 15) is 8.78 Å². The molecule has 1 atom stereocenters. The van der Waals surface area contributed by atoms with Crippen LogP contribution < -0.4 is 5.73 Å². The molecule has 0 aliphatic rings. The van der Waals surface area contributed by atoms with E-state index in [1.54, 1.807) is 31.4 Å². The predicted octanol–water partition coefficient (Wildman–Crippen LogP) is 2.10. The van der Waals surface area contributed by atoms with E-state index in [-0.39, 0.29) is 0 Å². The number of nitrogens with two attached hydrogens (primary N) is 1. The van der Waals surface area contributed by atoms with Crippen molar-refractivity contribution in [3.05, 3.63) is 35.4 Å². The highest BCUT2D eigenvalue weighted by atomic mass is 19.3. The van der Waals surface area contributed by atoms with Gasteiger partial charge in [-0.2, -0.15) is 0 Å². The molecule has 0 aliphatic heterocycles. The van der Waals surface area contributed by atoms with E-state index in [1.165, 1.54) is 0 Å². The Hall–Kier alpha value is -1.00. The molecule has 1 unspecified atom stereocenters. The molecule has 0 heterocycles. The van der Waals surface area contributed by atoms with Gasteiger partial charge in [-0.05, 0) is 11.1 Å². The minimum Gasteiger partial charge on any atom is -0.380 e. The summed E-state index contributed by atoms with van der Waals surface area (Å²) in [6.45, 7) is 0.476. The van der Waals surface area contributed by atoms with Gasteiger partial charge in [-0.1, -0.05) is 24.3 Å². The highest BCUT2D eigenvalue weighted by Gasteiger charge is 2.16. The summed E-state index contributed by atoms with van der Waals surface area (Å²) in [5.41, 5.74) is 6.67. The summed E-state index contributed by atoms with van der Waals surface area (Å²) < 4.78 is 29.3. The number of ether oxygens (including phenoxy) is 1. The maximum atomic E-state index is 12.2. The van der Waals surface area contributed by atoms with Crippen molar-refractivity contribution in [3.8, 4) is 0 Å². The molecule has 0 amide bonds. The maximum Gasteiger partial charge on any atom is 0.257 e. The molecular formula is C10H13F2NO. The van der Waals surface area contributed by atoms with E-state index in [4.69, 9.17) is 10.5 Å². The molecule has 0 spiro atoms. The number of rotatable bonds is 4. The SMILES string of the molecule is COCc1ccc(C(N)C(F)F)cc1. The van der Waals surface area contributed by atoms with Gasteiger partial charge < -0.3 is 10.5 Å². The second kappa shape index (κ2) is 5.02. The van der Waals surface area contributed by atoms with Gasteiger partial charge in [-0.3, -0.25) is 0 Å². The first-order valence-electron chi connectivity index (χ1n) is 4.26. The third-order valence-corrected chi connectivity index (χ3v) is 1.95. The van der Waals surface area contributed by atoms with Crippen LogP contribution in [0.1, 0.15) is 17.2 Å². The minimum absolute atomic E-state index is 0.444. The van der Waals surface area contributed by atoms with Crippen LogP contribution in [-0.4, -0.2) is 13.5 Å². The molecule has 0 saturated carbocycles. The van der Waals surface area contributed by atoms with Crippen molar-refractivity contribution in [2.75, 3.05) is 7.11 Å². The van der Waals surface area contributed by atoms with Gasteiger partial charge in [0.2, 0.25) is 0 Å². The average Bonchev–Trinajstić information content (AvgIpc) is 2.18. The van der Waals surface area contributed by atoms with Crippen molar-refractivity contribution in [3.63, 3.8) is 0 Å². The Morgan fingerprint density at radius 3 is 2.29 bits per heavy atom. The number of alkyl halides is 2. The summed E-state index contributed by atoms with van der Waals surface area (Å²) in [5, 5.41) is 0. The van der Waals surface area contributed by atoms with Crippen LogP contribution in [-0.2, 0) is 11.3 Å².